The molecule has 0 aliphatic carbocycles. The zero-order valence-corrected chi connectivity index (χ0v) is 11.1. The van der Waals surface area contributed by atoms with Crippen LogP contribution >= 0.6 is 11.6 Å². The third-order valence-electron chi connectivity index (χ3n) is 3.03. The highest BCUT2D eigenvalue weighted by Gasteiger charge is 2.16. The quantitative estimate of drug-likeness (QED) is 0.644. The molecule has 2 rings (SSSR count). The highest BCUT2D eigenvalue weighted by Crippen LogP contribution is 2.23. The Balaban J connectivity index is 2.17. The van der Waals surface area contributed by atoms with Crippen LogP contribution in [0.3, 0.4) is 0 Å². The molecule has 1 unspecified atom stereocenters. The van der Waals surface area contributed by atoms with Crippen molar-refractivity contribution in [2.45, 2.75) is 25.8 Å². The van der Waals surface area contributed by atoms with Gasteiger partial charge in [0.05, 0.1) is 12.3 Å². The first kappa shape index (κ1) is 13.1. The summed E-state index contributed by atoms with van der Waals surface area (Å²) in [6.07, 6.45) is 3.38. The Labute approximate surface area is 112 Å². The van der Waals surface area contributed by atoms with Gasteiger partial charge in [0, 0.05) is 17.0 Å². The van der Waals surface area contributed by atoms with E-state index in [2.05, 4.69) is 12.3 Å². The molecule has 1 atom stereocenters. The number of halogens is 1. The third-order valence-corrected chi connectivity index (χ3v) is 3.28. The van der Waals surface area contributed by atoms with Gasteiger partial charge in [-0.3, -0.25) is 11.3 Å². The molecule has 0 amide bonds. The fourth-order valence-electron chi connectivity index (χ4n) is 2.06. The van der Waals surface area contributed by atoms with Gasteiger partial charge < -0.3 is 4.42 Å². The number of benzene rings is 1. The number of hydrogen-bond acceptors (Lipinski definition) is 3. The molecule has 2 aromatic rings. The van der Waals surface area contributed by atoms with Gasteiger partial charge in [0.15, 0.2) is 0 Å². The summed E-state index contributed by atoms with van der Waals surface area (Å²) < 4.78 is 5.44. The molecule has 0 aliphatic rings. The van der Waals surface area contributed by atoms with E-state index in [1.54, 1.807) is 6.26 Å². The van der Waals surface area contributed by atoms with Crippen LogP contribution in [0.15, 0.2) is 41.0 Å². The number of hydrazine groups is 1. The lowest BCUT2D eigenvalue weighted by Gasteiger charge is -2.16. The zero-order chi connectivity index (χ0) is 13.0. The van der Waals surface area contributed by atoms with Crippen LogP contribution in [0.1, 0.15) is 29.9 Å². The molecule has 0 aliphatic heterocycles. The van der Waals surface area contributed by atoms with E-state index < -0.39 is 0 Å². The first-order valence-corrected chi connectivity index (χ1v) is 6.39. The van der Waals surface area contributed by atoms with Crippen molar-refractivity contribution in [1.29, 1.82) is 0 Å². The van der Waals surface area contributed by atoms with Gasteiger partial charge in [0.25, 0.3) is 0 Å². The number of nitrogens with one attached hydrogen (secondary N) is 1. The summed E-state index contributed by atoms with van der Waals surface area (Å²) in [7, 11) is 0. The summed E-state index contributed by atoms with van der Waals surface area (Å²) in [6, 6.07) is 9.83. The van der Waals surface area contributed by atoms with Crippen LogP contribution in [-0.4, -0.2) is 0 Å². The van der Waals surface area contributed by atoms with Gasteiger partial charge in [-0.25, -0.2) is 0 Å². The number of nitrogens with two attached hydrogens (primary N) is 1. The number of hydrogen-bond donors (Lipinski definition) is 2. The van der Waals surface area contributed by atoms with E-state index in [1.165, 1.54) is 5.56 Å². The van der Waals surface area contributed by atoms with Gasteiger partial charge in [-0.15, -0.1) is 0 Å². The van der Waals surface area contributed by atoms with Crippen LogP contribution in [0.25, 0.3) is 0 Å². The van der Waals surface area contributed by atoms with Gasteiger partial charge in [0.1, 0.15) is 5.76 Å². The molecule has 1 aromatic carbocycles. The van der Waals surface area contributed by atoms with Crippen LogP contribution in [-0.2, 0) is 12.8 Å². The average Bonchev–Trinajstić information content (AvgIpc) is 2.86. The molecule has 0 saturated heterocycles. The second-order valence-corrected chi connectivity index (χ2v) is 4.64. The lowest BCUT2D eigenvalue weighted by molar-refractivity contribution is 0.487. The molecule has 3 N–H and O–H groups in total. The largest absolute Gasteiger partial charge is 0.469 e. The number of furan rings is 1. The zero-order valence-electron chi connectivity index (χ0n) is 10.3. The van der Waals surface area contributed by atoms with Crippen LogP contribution in [0, 0.1) is 0 Å². The first-order valence-electron chi connectivity index (χ1n) is 6.01. The number of aryl methyl sites for hydroxylation is 1. The minimum Gasteiger partial charge on any atom is -0.469 e. The Bertz CT molecular complexity index is 493. The molecule has 0 saturated carbocycles. The molecule has 1 heterocycles. The van der Waals surface area contributed by atoms with Gasteiger partial charge in [-0.05, 0) is 30.2 Å². The van der Waals surface area contributed by atoms with Gasteiger partial charge in [-0.1, -0.05) is 30.7 Å². The summed E-state index contributed by atoms with van der Waals surface area (Å²) >= 11 is 5.87. The minimum absolute atomic E-state index is 0.0554. The van der Waals surface area contributed by atoms with E-state index in [9.17, 15) is 0 Å². The van der Waals surface area contributed by atoms with Crippen LogP contribution in [0.2, 0.25) is 5.02 Å². The third kappa shape index (κ3) is 2.93. The van der Waals surface area contributed by atoms with E-state index in [1.807, 2.05) is 30.3 Å². The normalized spacial score (nSPS) is 12.6. The Kier molecular flexibility index (Phi) is 4.42. The smallest absolute Gasteiger partial charge is 0.108 e. The second kappa shape index (κ2) is 6.05. The first-order chi connectivity index (χ1) is 8.74. The molecule has 1 aromatic heterocycles. The Morgan fingerprint density at radius 2 is 2.00 bits per heavy atom. The lowest BCUT2D eigenvalue weighted by atomic mass is 9.99. The molecule has 3 nitrogen and oxygen atoms in total. The highest BCUT2D eigenvalue weighted by molar-refractivity contribution is 6.30. The topological polar surface area (TPSA) is 51.2 Å². The van der Waals surface area contributed by atoms with Gasteiger partial charge >= 0.3 is 0 Å². The van der Waals surface area contributed by atoms with Crippen molar-refractivity contribution >= 4 is 11.6 Å². The predicted octanol–water partition coefficient (Wildman–Crippen LogP) is 3.24. The van der Waals surface area contributed by atoms with Gasteiger partial charge in [-0.2, -0.15) is 0 Å². The SMILES string of the molecule is CCc1occc1C(Cc1ccc(Cl)cc1)NN. The standard InChI is InChI=1S/C14H17ClN2O/c1-2-14-12(7-8-18-14)13(17-16)9-10-3-5-11(15)6-4-10/h3-8,13,17H,2,9,16H2,1H3. The summed E-state index contributed by atoms with van der Waals surface area (Å²) in [6.45, 7) is 2.07. The monoisotopic (exact) mass is 264 g/mol. The Hall–Kier alpha value is -1.29. The van der Waals surface area contributed by atoms with Crippen molar-refractivity contribution < 1.29 is 4.42 Å². The van der Waals surface area contributed by atoms with E-state index in [0.29, 0.717) is 0 Å². The van der Waals surface area contributed by atoms with Crippen LogP contribution in [0.5, 0.6) is 0 Å². The maximum atomic E-state index is 5.87. The summed E-state index contributed by atoms with van der Waals surface area (Å²) in [5.74, 6) is 6.63. The maximum Gasteiger partial charge on any atom is 0.108 e. The molecule has 0 spiro atoms. The lowest BCUT2D eigenvalue weighted by Crippen LogP contribution is -2.29. The molecular weight excluding hydrogens is 248 g/mol. The molecule has 96 valence electrons. The average molecular weight is 265 g/mol. The second-order valence-electron chi connectivity index (χ2n) is 4.20. The fraction of sp³-hybridized carbons (Fsp3) is 0.286. The minimum atomic E-state index is 0.0554. The highest BCUT2D eigenvalue weighted by atomic mass is 35.5. The van der Waals surface area contributed by atoms with Crippen molar-refractivity contribution in [3.05, 3.63) is 58.5 Å². The summed E-state index contributed by atoms with van der Waals surface area (Å²) in [4.78, 5) is 0. The molecular formula is C14H17ClN2O. The Morgan fingerprint density at radius 3 is 2.61 bits per heavy atom. The van der Waals surface area contributed by atoms with E-state index >= 15 is 0 Å². The van der Waals surface area contributed by atoms with Gasteiger partial charge in [0.2, 0.25) is 0 Å². The van der Waals surface area contributed by atoms with Crippen molar-refractivity contribution in [1.82, 2.24) is 5.43 Å². The fourth-order valence-corrected chi connectivity index (χ4v) is 2.19. The predicted molar refractivity (Wildman–Crippen MR) is 73.3 cm³/mol. The van der Waals surface area contributed by atoms with E-state index in [-0.39, 0.29) is 6.04 Å². The maximum absolute atomic E-state index is 5.87. The van der Waals surface area contributed by atoms with Crippen molar-refractivity contribution in [3.8, 4) is 0 Å². The van der Waals surface area contributed by atoms with Crippen LogP contribution < -0.4 is 11.3 Å². The summed E-state index contributed by atoms with van der Waals surface area (Å²) in [5, 5.41) is 0.744. The van der Waals surface area contributed by atoms with Crippen molar-refractivity contribution in [2.24, 2.45) is 5.84 Å². The molecule has 0 bridgehead atoms. The molecule has 0 radical (unpaired) electrons. The van der Waals surface area contributed by atoms with Crippen molar-refractivity contribution in [3.63, 3.8) is 0 Å². The Morgan fingerprint density at radius 1 is 1.28 bits per heavy atom. The molecule has 4 heteroatoms. The van der Waals surface area contributed by atoms with E-state index in [4.69, 9.17) is 21.9 Å². The molecule has 18 heavy (non-hydrogen) atoms. The van der Waals surface area contributed by atoms with Crippen molar-refractivity contribution in [2.75, 3.05) is 0 Å². The van der Waals surface area contributed by atoms with E-state index in [0.717, 1.165) is 29.2 Å². The number of rotatable bonds is 5. The molecule has 0 fully saturated rings. The summed E-state index contributed by atoms with van der Waals surface area (Å²) in [5.41, 5.74) is 5.16. The van der Waals surface area contributed by atoms with Crippen LogP contribution in [0.4, 0.5) is 0 Å².